The molecule has 1 fully saturated rings. The van der Waals surface area contributed by atoms with E-state index in [0.717, 1.165) is 18.8 Å². The Bertz CT molecular complexity index is 698. The Morgan fingerprint density at radius 3 is 2.74 bits per heavy atom. The first kappa shape index (κ1) is 14.6. The quantitative estimate of drug-likeness (QED) is 0.898. The highest BCUT2D eigenvalue weighted by Gasteiger charge is 2.35. The molecule has 0 spiro atoms. The topological polar surface area (TPSA) is 33.3 Å². The van der Waals surface area contributed by atoms with Crippen LogP contribution in [0.5, 0.6) is 5.75 Å². The minimum atomic E-state index is 0.556. The predicted octanol–water partition coefficient (Wildman–Crippen LogP) is 4.01. The molecule has 0 amide bonds. The Morgan fingerprint density at radius 1 is 1.00 bits per heavy atom. The van der Waals surface area contributed by atoms with Crippen LogP contribution in [0.1, 0.15) is 31.2 Å². The van der Waals surface area contributed by atoms with Crippen LogP contribution in [0.15, 0.2) is 42.5 Å². The van der Waals surface area contributed by atoms with E-state index in [1.165, 1.54) is 35.2 Å². The Morgan fingerprint density at radius 2 is 1.83 bits per heavy atom. The molecule has 2 aromatic carbocycles. The van der Waals surface area contributed by atoms with Crippen molar-refractivity contribution in [3.63, 3.8) is 0 Å². The van der Waals surface area contributed by atoms with Crippen LogP contribution in [0.3, 0.4) is 0 Å². The second kappa shape index (κ2) is 6.25. The molecule has 2 aliphatic rings. The first-order valence-electron chi connectivity index (χ1n) is 8.71. The largest absolute Gasteiger partial charge is 0.493 e. The smallest absolute Gasteiger partial charge is 0.127 e. The zero-order chi connectivity index (χ0) is 15.6. The van der Waals surface area contributed by atoms with Crippen LogP contribution in [0.2, 0.25) is 0 Å². The van der Waals surface area contributed by atoms with E-state index in [2.05, 4.69) is 47.0 Å². The fourth-order valence-electron chi connectivity index (χ4n) is 4.06. The van der Waals surface area contributed by atoms with E-state index in [-0.39, 0.29) is 0 Å². The van der Waals surface area contributed by atoms with Gasteiger partial charge in [0.2, 0.25) is 0 Å². The molecule has 3 heteroatoms. The van der Waals surface area contributed by atoms with E-state index in [0.29, 0.717) is 18.6 Å². The summed E-state index contributed by atoms with van der Waals surface area (Å²) in [6.45, 7) is 4.94. The summed E-state index contributed by atoms with van der Waals surface area (Å²) in [5.74, 6) is 1.57. The molecule has 0 radical (unpaired) electrons. The first-order valence-corrected chi connectivity index (χ1v) is 8.71. The summed E-state index contributed by atoms with van der Waals surface area (Å²) in [6.07, 6.45) is 2.38. The van der Waals surface area contributed by atoms with Crippen molar-refractivity contribution in [2.45, 2.75) is 31.7 Å². The van der Waals surface area contributed by atoms with Gasteiger partial charge in [-0.2, -0.15) is 0 Å². The highest BCUT2D eigenvalue weighted by molar-refractivity contribution is 5.81. The number of para-hydroxylation sites is 1. The normalized spacial score (nSPS) is 22.7. The van der Waals surface area contributed by atoms with Crippen LogP contribution in [-0.2, 0) is 0 Å². The molecule has 2 atom stereocenters. The molecule has 0 saturated carbocycles. The van der Waals surface area contributed by atoms with Crippen LogP contribution < -0.4 is 15.4 Å². The van der Waals surface area contributed by atoms with Gasteiger partial charge in [0, 0.05) is 23.2 Å². The number of nitrogens with one attached hydrogen (secondary N) is 2. The molecule has 0 unspecified atom stereocenters. The third-order valence-electron chi connectivity index (χ3n) is 5.04. The van der Waals surface area contributed by atoms with Gasteiger partial charge in [0.15, 0.2) is 0 Å². The van der Waals surface area contributed by atoms with Crippen molar-refractivity contribution in [1.29, 1.82) is 0 Å². The van der Waals surface area contributed by atoms with Crippen LogP contribution in [-0.4, -0.2) is 25.7 Å². The van der Waals surface area contributed by atoms with Gasteiger partial charge in [-0.25, -0.2) is 0 Å². The van der Waals surface area contributed by atoms with Crippen molar-refractivity contribution in [2.75, 3.05) is 25.0 Å². The number of ether oxygens (including phenoxy) is 1. The third-order valence-corrected chi connectivity index (χ3v) is 5.04. The molecule has 4 rings (SSSR count). The molecule has 0 aromatic heterocycles. The van der Waals surface area contributed by atoms with Gasteiger partial charge in [-0.3, -0.25) is 0 Å². The van der Waals surface area contributed by atoms with Crippen molar-refractivity contribution in [2.24, 2.45) is 0 Å². The van der Waals surface area contributed by atoms with Crippen molar-refractivity contribution < 1.29 is 4.74 Å². The first-order chi connectivity index (χ1) is 11.4. The van der Waals surface area contributed by atoms with E-state index >= 15 is 0 Å². The molecule has 120 valence electrons. The summed E-state index contributed by atoms with van der Waals surface area (Å²) in [5, 5.41) is 7.29. The van der Waals surface area contributed by atoms with Gasteiger partial charge in [-0.15, -0.1) is 0 Å². The van der Waals surface area contributed by atoms with E-state index in [4.69, 9.17) is 4.74 Å². The molecule has 2 aromatic rings. The van der Waals surface area contributed by atoms with Gasteiger partial charge in [0.25, 0.3) is 0 Å². The van der Waals surface area contributed by atoms with Crippen molar-refractivity contribution in [3.05, 3.63) is 48.0 Å². The summed E-state index contributed by atoms with van der Waals surface area (Å²) >= 11 is 0. The van der Waals surface area contributed by atoms with Crippen LogP contribution in [0, 0.1) is 0 Å². The molecule has 2 N–H and O–H groups in total. The lowest BCUT2D eigenvalue weighted by Crippen LogP contribution is -2.21. The average Bonchev–Trinajstić information content (AvgIpc) is 2.78. The fraction of sp³-hybridized carbons (Fsp3) is 0.400. The lowest BCUT2D eigenvalue weighted by molar-refractivity contribution is 0.341. The summed E-state index contributed by atoms with van der Waals surface area (Å²) in [5.41, 5.74) is 5.33. The van der Waals surface area contributed by atoms with Crippen molar-refractivity contribution in [3.8, 4) is 16.9 Å². The van der Waals surface area contributed by atoms with Crippen molar-refractivity contribution >= 4 is 5.69 Å². The van der Waals surface area contributed by atoms with Gasteiger partial charge >= 0.3 is 0 Å². The number of hydrogen-bond acceptors (Lipinski definition) is 3. The van der Waals surface area contributed by atoms with Crippen LogP contribution in [0.4, 0.5) is 5.69 Å². The van der Waals surface area contributed by atoms with Gasteiger partial charge < -0.3 is 15.4 Å². The van der Waals surface area contributed by atoms with Crippen LogP contribution >= 0.6 is 0 Å². The average molecular weight is 308 g/mol. The maximum Gasteiger partial charge on any atom is 0.127 e. The summed E-state index contributed by atoms with van der Waals surface area (Å²) in [6, 6.07) is 15.6. The molecule has 23 heavy (non-hydrogen) atoms. The number of fused-ring (bicyclic) bond motifs is 3. The van der Waals surface area contributed by atoms with Gasteiger partial charge in [-0.1, -0.05) is 30.3 Å². The van der Waals surface area contributed by atoms with Crippen molar-refractivity contribution in [1.82, 2.24) is 5.32 Å². The Hall–Kier alpha value is -2.00. The van der Waals surface area contributed by atoms with E-state index in [9.17, 15) is 0 Å². The third kappa shape index (κ3) is 2.59. The molecule has 2 heterocycles. The number of hydrogen-bond donors (Lipinski definition) is 2. The highest BCUT2D eigenvalue weighted by atomic mass is 16.5. The zero-order valence-electron chi connectivity index (χ0n) is 13.6. The SMILES string of the molecule is CCOc1ccccc1-c1cccc2c1[C@@H]1CCNCC[C@@H]1N2. The standard InChI is InChI=1S/C20H24N2O/c1-2-23-19-9-4-3-6-14(19)15-7-5-8-18-20(15)16-10-12-21-13-11-17(16)22-18/h3-9,16-17,21-22H,2,10-13H2,1H3/t16-,17+/m1/s1. The lowest BCUT2D eigenvalue weighted by Gasteiger charge is -2.19. The highest BCUT2D eigenvalue weighted by Crippen LogP contribution is 2.46. The van der Waals surface area contributed by atoms with E-state index in [1.807, 2.05) is 13.0 Å². The second-order valence-electron chi connectivity index (χ2n) is 6.38. The minimum Gasteiger partial charge on any atom is -0.493 e. The monoisotopic (exact) mass is 308 g/mol. The maximum atomic E-state index is 5.88. The Labute approximate surface area is 138 Å². The predicted molar refractivity (Wildman–Crippen MR) is 95.3 cm³/mol. The Kier molecular flexibility index (Phi) is 3.96. The Balaban J connectivity index is 1.82. The molecule has 0 bridgehead atoms. The van der Waals surface area contributed by atoms with Crippen LogP contribution in [0.25, 0.3) is 11.1 Å². The molecular formula is C20H24N2O. The number of rotatable bonds is 3. The summed E-state index contributed by atoms with van der Waals surface area (Å²) in [7, 11) is 0. The lowest BCUT2D eigenvalue weighted by atomic mass is 9.85. The number of benzene rings is 2. The molecule has 2 aliphatic heterocycles. The van der Waals surface area contributed by atoms with E-state index in [1.54, 1.807) is 0 Å². The molecule has 3 nitrogen and oxygen atoms in total. The second-order valence-corrected chi connectivity index (χ2v) is 6.38. The van der Waals surface area contributed by atoms with Gasteiger partial charge in [0.05, 0.1) is 6.61 Å². The minimum absolute atomic E-state index is 0.556. The molecular weight excluding hydrogens is 284 g/mol. The fourth-order valence-corrected chi connectivity index (χ4v) is 4.06. The van der Waals surface area contributed by atoms with Gasteiger partial charge in [-0.05, 0) is 56.1 Å². The maximum absolute atomic E-state index is 5.88. The number of anilines is 1. The summed E-state index contributed by atoms with van der Waals surface area (Å²) in [4.78, 5) is 0. The summed E-state index contributed by atoms with van der Waals surface area (Å²) < 4.78 is 5.88. The van der Waals surface area contributed by atoms with Gasteiger partial charge in [0.1, 0.15) is 5.75 Å². The zero-order valence-corrected chi connectivity index (χ0v) is 13.6. The molecule has 1 saturated heterocycles. The van der Waals surface area contributed by atoms with E-state index < -0.39 is 0 Å². The molecule has 0 aliphatic carbocycles.